The van der Waals surface area contributed by atoms with Gasteiger partial charge in [-0.25, -0.2) is 19.3 Å². The van der Waals surface area contributed by atoms with Crippen molar-refractivity contribution in [3.05, 3.63) is 48.2 Å². The fourth-order valence-electron chi connectivity index (χ4n) is 4.30. The molecule has 38 heavy (non-hydrogen) atoms. The van der Waals surface area contributed by atoms with Crippen LogP contribution in [0.15, 0.2) is 36.5 Å². The summed E-state index contributed by atoms with van der Waals surface area (Å²) in [6.45, 7) is 5.00. The summed E-state index contributed by atoms with van der Waals surface area (Å²) in [5, 5.41) is 11.8. The number of hydrogen-bond acceptors (Lipinski definition) is 9. The number of carbonyl (C=O) groups excluding carboxylic acids is 1. The number of amides is 1. The van der Waals surface area contributed by atoms with E-state index in [0.29, 0.717) is 73.7 Å². The van der Waals surface area contributed by atoms with Gasteiger partial charge in [-0.3, -0.25) is 4.79 Å². The van der Waals surface area contributed by atoms with Gasteiger partial charge in [0, 0.05) is 38.0 Å². The Kier molecular flexibility index (Phi) is 7.93. The third-order valence-electron chi connectivity index (χ3n) is 6.53. The summed E-state index contributed by atoms with van der Waals surface area (Å²) in [6.07, 6.45) is 1.34. The molecule has 3 N–H and O–H groups in total. The van der Waals surface area contributed by atoms with E-state index in [1.54, 1.807) is 31.3 Å². The van der Waals surface area contributed by atoms with Crippen LogP contribution in [0.4, 0.5) is 10.3 Å². The predicted molar refractivity (Wildman–Crippen MR) is 136 cm³/mol. The minimum Gasteiger partial charge on any atom is -0.396 e. The first kappa shape index (κ1) is 26.2. The first-order chi connectivity index (χ1) is 18.5. The Hall–Kier alpha value is -3.45. The molecule has 0 bridgehead atoms. The van der Waals surface area contributed by atoms with Crippen molar-refractivity contribution >= 4 is 11.9 Å². The van der Waals surface area contributed by atoms with Crippen LogP contribution in [0.5, 0.6) is 0 Å². The second-order valence-electron chi connectivity index (χ2n) is 9.54. The minimum atomic E-state index is -0.874. The number of morpholine rings is 1. The first-order valence-electron chi connectivity index (χ1n) is 12.6. The molecule has 1 aromatic carbocycles. The van der Waals surface area contributed by atoms with Crippen molar-refractivity contribution in [2.24, 2.45) is 5.41 Å². The molecule has 11 nitrogen and oxygen atoms in total. The zero-order chi connectivity index (χ0) is 26.5. The zero-order valence-corrected chi connectivity index (χ0v) is 21.2. The Bertz CT molecular complexity index is 1240. The van der Waals surface area contributed by atoms with Gasteiger partial charge < -0.3 is 34.5 Å². The molecule has 2 aliphatic heterocycles. The van der Waals surface area contributed by atoms with Gasteiger partial charge in [0.1, 0.15) is 5.82 Å². The molecule has 5 rings (SSSR count). The Morgan fingerprint density at radius 3 is 2.63 bits per heavy atom. The molecule has 2 fully saturated rings. The molecular formula is C26H31FN6O5. The molecule has 4 heterocycles. The summed E-state index contributed by atoms with van der Waals surface area (Å²) in [5.41, 5.74) is 1.61. The fraction of sp³-hybridized carbons (Fsp3) is 0.462. The molecule has 0 radical (unpaired) electrons. The van der Waals surface area contributed by atoms with Gasteiger partial charge in [0.2, 0.25) is 18.1 Å². The number of aromatic amines is 1. The number of nitrogens with zero attached hydrogens (tertiary/aromatic N) is 4. The van der Waals surface area contributed by atoms with E-state index in [1.807, 2.05) is 0 Å². The summed E-state index contributed by atoms with van der Waals surface area (Å²) < 4.78 is 31.0. The van der Waals surface area contributed by atoms with Crippen molar-refractivity contribution in [3.8, 4) is 22.6 Å². The lowest BCUT2D eigenvalue weighted by molar-refractivity contribution is -0.231. The fourth-order valence-corrected chi connectivity index (χ4v) is 4.30. The number of carbonyl (C=O) groups is 1. The average Bonchev–Trinajstić information content (AvgIpc) is 3.40. The van der Waals surface area contributed by atoms with Crippen LogP contribution in [0.1, 0.15) is 25.5 Å². The lowest BCUT2D eigenvalue weighted by Gasteiger charge is -2.35. The second-order valence-corrected chi connectivity index (χ2v) is 9.54. The maximum Gasteiger partial charge on any atom is 0.230 e. The molecule has 2 aliphatic rings. The quantitative estimate of drug-likeness (QED) is 0.377. The number of aliphatic hydroxyl groups is 1. The first-order valence-corrected chi connectivity index (χ1v) is 12.6. The number of anilines is 1. The molecule has 0 aliphatic carbocycles. The standard InChI is InChI=1S/C26H31FN6O5/c1-26(24(35)28-8-2-12-34)15-37-23(38-16-26)22-31-20(17-3-5-18(27)6-4-17)21(32-22)19-7-9-29-25(30-19)33-10-13-36-14-11-33/h3-7,9,23,34H,2,8,10-16H2,1H3,(H,28,35)(H,31,32). The van der Waals surface area contributed by atoms with Crippen molar-refractivity contribution in [3.63, 3.8) is 0 Å². The number of ether oxygens (including phenoxy) is 3. The van der Waals surface area contributed by atoms with Crippen LogP contribution in [0.3, 0.4) is 0 Å². The van der Waals surface area contributed by atoms with Gasteiger partial charge in [-0.1, -0.05) is 0 Å². The van der Waals surface area contributed by atoms with Crippen LogP contribution in [0, 0.1) is 11.2 Å². The number of hydrogen-bond donors (Lipinski definition) is 3. The molecule has 0 atom stereocenters. The molecule has 202 valence electrons. The number of benzene rings is 1. The van der Waals surface area contributed by atoms with Gasteiger partial charge in [-0.05, 0) is 43.7 Å². The highest BCUT2D eigenvalue weighted by Gasteiger charge is 2.40. The van der Waals surface area contributed by atoms with Crippen molar-refractivity contribution in [2.45, 2.75) is 19.6 Å². The van der Waals surface area contributed by atoms with E-state index in [4.69, 9.17) is 29.3 Å². The number of H-pyrrole nitrogens is 1. The van der Waals surface area contributed by atoms with Crippen molar-refractivity contribution in [1.29, 1.82) is 0 Å². The third-order valence-corrected chi connectivity index (χ3v) is 6.53. The van der Waals surface area contributed by atoms with E-state index >= 15 is 0 Å². The van der Waals surface area contributed by atoms with Crippen LogP contribution in [-0.2, 0) is 19.0 Å². The molecular weight excluding hydrogens is 495 g/mol. The van der Waals surface area contributed by atoms with Gasteiger partial charge in [0.25, 0.3) is 0 Å². The van der Waals surface area contributed by atoms with E-state index in [1.165, 1.54) is 12.1 Å². The smallest absolute Gasteiger partial charge is 0.230 e. The molecule has 1 amide bonds. The van der Waals surface area contributed by atoms with Crippen LogP contribution in [0.25, 0.3) is 22.6 Å². The largest absolute Gasteiger partial charge is 0.396 e. The minimum absolute atomic E-state index is 0.00353. The Morgan fingerprint density at radius 1 is 1.18 bits per heavy atom. The van der Waals surface area contributed by atoms with Crippen molar-refractivity contribution < 1.29 is 28.5 Å². The van der Waals surface area contributed by atoms with E-state index in [9.17, 15) is 9.18 Å². The van der Waals surface area contributed by atoms with Crippen LogP contribution >= 0.6 is 0 Å². The molecule has 0 unspecified atom stereocenters. The Morgan fingerprint density at radius 2 is 1.92 bits per heavy atom. The number of aliphatic hydroxyl groups excluding tert-OH is 1. The number of rotatable bonds is 8. The highest BCUT2D eigenvalue weighted by atomic mass is 19.1. The number of nitrogens with one attached hydrogen (secondary N) is 2. The summed E-state index contributed by atoms with van der Waals surface area (Å²) in [5.74, 6) is 0.445. The highest BCUT2D eigenvalue weighted by Crippen LogP contribution is 2.35. The number of aromatic nitrogens is 4. The van der Waals surface area contributed by atoms with Gasteiger partial charge >= 0.3 is 0 Å². The third kappa shape index (κ3) is 5.68. The second kappa shape index (κ2) is 11.5. The predicted octanol–water partition coefficient (Wildman–Crippen LogP) is 2.06. The van der Waals surface area contributed by atoms with Gasteiger partial charge in [0.15, 0.2) is 5.82 Å². The Labute approximate surface area is 219 Å². The van der Waals surface area contributed by atoms with Gasteiger partial charge in [0.05, 0.1) is 48.9 Å². The SMILES string of the molecule is CC1(C(=O)NCCCO)COC(c2nc(-c3ccc(F)cc3)c(-c3ccnc(N4CCOCC4)n3)[nH]2)OC1. The monoisotopic (exact) mass is 526 g/mol. The maximum atomic E-state index is 13.7. The van der Waals surface area contributed by atoms with Crippen molar-refractivity contribution in [2.75, 3.05) is 57.6 Å². The molecule has 2 saturated heterocycles. The van der Waals surface area contributed by atoms with E-state index in [-0.39, 0.29) is 31.5 Å². The maximum absolute atomic E-state index is 13.7. The van der Waals surface area contributed by atoms with E-state index in [2.05, 4.69) is 20.2 Å². The Balaban J connectivity index is 1.41. The summed E-state index contributed by atoms with van der Waals surface area (Å²) in [7, 11) is 0. The molecule has 12 heteroatoms. The number of halogens is 1. The molecule has 3 aromatic rings. The zero-order valence-electron chi connectivity index (χ0n) is 21.2. The molecule has 2 aromatic heterocycles. The van der Waals surface area contributed by atoms with Crippen LogP contribution < -0.4 is 10.2 Å². The highest BCUT2D eigenvalue weighted by molar-refractivity contribution is 5.82. The lowest BCUT2D eigenvalue weighted by atomic mass is 9.91. The number of imidazole rings is 1. The van der Waals surface area contributed by atoms with Gasteiger partial charge in [-0.2, -0.15) is 0 Å². The lowest BCUT2D eigenvalue weighted by Crippen LogP contribution is -2.48. The van der Waals surface area contributed by atoms with Crippen LogP contribution in [0.2, 0.25) is 0 Å². The van der Waals surface area contributed by atoms with E-state index in [0.717, 1.165) is 0 Å². The van der Waals surface area contributed by atoms with Crippen LogP contribution in [-0.4, -0.2) is 83.6 Å². The summed E-state index contributed by atoms with van der Waals surface area (Å²) in [6, 6.07) is 7.84. The van der Waals surface area contributed by atoms with Gasteiger partial charge in [-0.15, -0.1) is 0 Å². The van der Waals surface area contributed by atoms with Crippen molar-refractivity contribution in [1.82, 2.24) is 25.3 Å². The summed E-state index contributed by atoms with van der Waals surface area (Å²) >= 11 is 0. The normalized spacial score (nSPS) is 21.9. The van der Waals surface area contributed by atoms with E-state index < -0.39 is 11.7 Å². The summed E-state index contributed by atoms with van der Waals surface area (Å²) in [4.78, 5) is 31.9. The molecule has 0 spiro atoms. The molecule has 0 saturated carbocycles. The topological polar surface area (TPSA) is 135 Å². The average molecular weight is 527 g/mol.